The van der Waals surface area contributed by atoms with Gasteiger partial charge in [-0.15, -0.1) is 0 Å². The lowest BCUT2D eigenvalue weighted by Crippen LogP contribution is -2.48. The molecule has 0 fully saturated rings. The van der Waals surface area contributed by atoms with Gasteiger partial charge in [-0.3, -0.25) is 0 Å². The second-order valence-corrected chi connectivity index (χ2v) is 7.31. The quantitative estimate of drug-likeness (QED) is 0.367. The van der Waals surface area contributed by atoms with E-state index in [-0.39, 0.29) is 0 Å². The molecule has 0 amide bonds. The van der Waals surface area contributed by atoms with Crippen LogP contribution in [0.4, 0.5) is 0 Å². The van der Waals surface area contributed by atoms with Crippen LogP contribution in [0.3, 0.4) is 0 Å². The van der Waals surface area contributed by atoms with E-state index in [2.05, 4.69) is 55.4 Å². The number of carboxylic acid groups (broad SMARTS) is 2. The molecule has 0 aromatic rings. The highest BCUT2D eigenvalue weighted by atomic mass is 16.4. The second kappa shape index (κ2) is 19.2. The fourth-order valence-corrected chi connectivity index (χ4v) is 3.28. The van der Waals surface area contributed by atoms with E-state index in [9.17, 15) is 0 Å². The van der Waals surface area contributed by atoms with Crippen molar-refractivity contribution in [1.82, 2.24) is 0 Å². The van der Waals surface area contributed by atoms with Gasteiger partial charge in [0.2, 0.25) is 0 Å². The Kier molecular flexibility index (Phi) is 21.6. The maximum atomic E-state index is 8.93. The Hall–Kier alpha value is -1.14. The number of nitrogens with zero attached hydrogens (tertiary/aromatic N) is 2. The molecule has 0 radical (unpaired) electrons. The number of quaternary nitrogens is 2. The molecule has 0 aromatic carbocycles. The molecule has 0 heterocycles. The van der Waals surface area contributed by atoms with E-state index in [1.54, 1.807) is 0 Å². The van der Waals surface area contributed by atoms with Crippen LogP contribution in [0, 0.1) is 0 Å². The van der Waals surface area contributed by atoms with Crippen LogP contribution in [-0.2, 0) is 9.59 Å². The minimum Gasteiger partial charge on any atom is -0.543 e. The molecule has 28 heavy (non-hydrogen) atoms. The van der Waals surface area contributed by atoms with Gasteiger partial charge in [0.1, 0.15) is 0 Å². The van der Waals surface area contributed by atoms with Crippen LogP contribution < -0.4 is 10.2 Å². The number of hydrogen-bond acceptors (Lipinski definition) is 4. The minimum absolute atomic E-state index is 1.30. The largest absolute Gasteiger partial charge is 0.543 e. The number of unbranched alkanes of at least 4 members (excludes halogenated alkanes) is 2. The molecule has 6 nitrogen and oxygen atoms in total. The van der Waals surface area contributed by atoms with Crippen molar-refractivity contribution in [2.24, 2.45) is 0 Å². The predicted molar refractivity (Wildman–Crippen MR) is 113 cm³/mol. The third-order valence-electron chi connectivity index (χ3n) is 6.16. The van der Waals surface area contributed by atoms with Crippen molar-refractivity contribution < 1.29 is 28.8 Å². The summed E-state index contributed by atoms with van der Waals surface area (Å²) in [6.45, 7) is 28.9. The van der Waals surface area contributed by atoms with E-state index in [0.717, 1.165) is 0 Å². The van der Waals surface area contributed by atoms with E-state index in [0.29, 0.717) is 0 Å². The molecule has 0 saturated carbocycles. The zero-order valence-electron chi connectivity index (χ0n) is 20.0. The summed E-state index contributed by atoms with van der Waals surface area (Å²) in [6.07, 6.45) is 5.44. The van der Waals surface area contributed by atoms with Crippen molar-refractivity contribution in [3.8, 4) is 0 Å². The van der Waals surface area contributed by atoms with Crippen LogP contribution in [0.2, 0.25) is 0 Å². The molecule has 0 aliphatic rings. The Morgan fingerprint density at radius 1 is 0.536 bits per heavy atom. The number of hydrogen-bond donors (Lipinski definition) is 0. The van der Waals surface area contributed by atoms with Gasteiger partial charge in [-0.05, 0) is 54.4 Å². The summed E-state index contributed by atoms with van der Waals surface area (Å²) in [4.78, 5) is 17.9. The molecule has 0 bridgehead atoms. The topological polar surface area (TPSA) is 80.3 Å². The number of carbonyl (C=O) groups excluding carboxylic acids is 2. The van der Waals surface area contributed by atoms with Crippen molar-refractivity contribution in [3.05, 3.63) is 0 Å². The lowest BCUT2D eigenvalue weighted by Gasteiger charge is -2.35. The van der Waals surface area contributed by atoms with Crippen molar-refractivity contribution in [2.75, 3.05) is 52.4 Å². The van der Waals surface area contributed by atoms with Crippen molar-refractivity contribution in [3.63, 3.8) is 0 Å². The second-order valence-electron chi connectivity index (χ2n) is 7.31. The zero-order valence-corrected chi connectivity index (χ0v) is 20.0. The van der Waals surface area contributed by atoms with Gasteiger partial charge in [0, 0.05) is 0 Å². The smallest absolute Gasteiger partial charge is 0.0870 e. The van der Waals surface area contributed by atoms with Crippen molar-refractivity contribution in [1.29, 1.82) is 0 Å². The number of carbonyl (C=O) groups is 2. The molecule has 0 atom stereocenters. The highest BCUT2D eigenvalue weighted by Crippen LogP contribution is 2.08. The van der Waals surface area contributed by atoms with Gasteiger partial charge >= 0.3 is 0 Å². The standard InChI is InChI=1S/2C10H24N.C2H2O4/c2*1-5-9-10-11(6-2,7-3)8-4;3-1(4)2(5)6/h2*5-10H2,1-4H3;(H,3,4)(H,5,6)/q2*+1;/p-2. The Morgan fingerprint density at radius 2 is 0.750 bits per heavy atom. The van der Waals surface area contributed by atoms with Gasteiger partial charge in [-0.1, -0.05) is 26.7 Å². The van der Waals surface area contributed by atoms with Crippen LogP contribution in [-0.4, -0.2) is 73.3 Å². The first kappa shape index (κ1) is 31.6. The van der Waals surface area contributed by atoms with Gasteiger partial charge in [0.15, 0.2) is 0 Å². The molecule has 0 spiro atoms. The van der Waals surface area contributed by atoms with E-state index < -0.39 is 11.9 Å². The predicted octanol–water partition coefficient (Wildman–Crippen LogP) is 1.81. The summed E-state index contributed by atoms with van der Waals surface area (Å²) in [5.74, 6) is -4.37. The van der Waals surface area contributed by atoms with E-state index in [4.69, 9.17) is 19.8 Å². The summed E-state index contributed by atoms with van der Waals surface area (Å²) < 4.78 is 2.63. The molecule has 0 unspecified atom stereocenters. The Morgan fingerprint density at radius 3 is 0.857 bits per heavy atom. The molecular weight excluding hydrogens is 356 g/mol. The highest BCUT2D eigenvalue weighted by molar-refractivity contribution is 6.25. The summed E-state index contributed by atoms with van der Waals surface area (Å²) in [6, 6.07) is 0. The Labute approximate surface area is 174 Å². The maximum absolute atomic E-state index is 8.93. The zero-order chi connectivity index (χ0) is 22.6. The summed E-state index contributed by atoms with van der Waals surface area (Å²) >= 11 is 0. The van der Waals surface area contributed by atoms with Gasteiger partial charge in [-0.2, -0.15) is 0 Å². The molecular formula is C22H48N2O4. The first-order valence-electron chi connectivity index (χ1n) is 11.3. The van der Waals surface area contributed by atoms with E-state index >= 15 is 0 Å². The van der Waals surface area contributed by atoms with E-state index in [1.807, 2.05) is 0 Å². The third-order valence-corrected chi connectivity index (χ3v) is 6.16. The van der Waals surface area contributed by atoms with Gasteiger partial charge < -0.3 is 28.8 Å². The molecule has 0 N–H and O–H groups in total. The molecule has 170 valence electrons. The number of aliphatic carboxylic acids is 2. The van der Waals surface area contributed by atoms with Crippen LogP contribution in [0.25, 0.3) is 0 Å². The molecule has 6 heteroatoms. The van der Waals surface area contributed by atoms with E-state index in [1.165, 1.54) is 87.0 Å². The number of rotatable bonds is 12. The maximum Gasteiger partial charge on any atom is 0.0870 e. The molecule has 0 rings (SSSR count). The lowest BCUT2D eigenvalue weighted by atomic mass is 10.2. The Bertz CT molecular complexity index is 326. The van der Waals surface area contributed by atoms with Gasteiger partial charge in [0.25, 0.3) is 0 Å². The minimum atomic E-state index is -2.19. The van der Waals surface area contributed by atoms with Crippen molar-refractivity contribution in [2.45, 2.75) is 81.1 Å². The van der Waals surface area contributed by atoms with Crippen LogP contribution in [0.1, 0.15) is 81.1 Å². The Balaban J connectivity index is -0.000000351. The number of carboxylic acids is 2. The molecule has 0 aliphatic heterocycles. The lowest BCUT2D eigenvalue weighted by molar-refractivity contribution is -0.923. The average Bonchev–Trinajstić information content (AvgIpc) is 2.72. The fourth-order valence-electron chi connectivity index (χ4n) is 3.28. The SMILES string of the molecule is CCCC[N+](CC)(CC)CC.CCCC[N+](CC)(CC)CC.O=C([O-])C(=O)[O-]. The van der Waals surface area contributed by atoms with Gasteiger partial charge in [0.05, 0.1) is 64.3 Å². The highest BCUT2D eigenvalue weighted by Gasteiger charge is 2.19. The summed E-state index contributed by atoms with van der Waals surface area (Å²) in [5, 5.41) is 17.9. The monoisotopic (exact) mass is 404 g/mol. The molecule has 0 aliphatic carbocycles. The summed E-state index contributed by atoms with van der Waals surface area (Å²) in [5.41, 5.74) is 0. The fraction of sp³-hybridized carbons (Fsp3) is 0.909. The average molecular weight is 405 g/mol. The van der Waals surface area contributed by atoms with Gasteiger partial charge in [-0.25, -0.2) is 0 Å². The van der Waals surface area contributed by atoms with Crippen molar-refractivity contribution >= 4 is 11.9 Å². The third kappa shape index (κ3) is 14.9. The first-order valence-corrected chi connectivity index (χ1v) is 11.3. The molecule has 0 aromatic heterocycles. The van der Waals surface area contributed by atoms with Crippen LogP contribution in [0.15, 0.2) is 0 Å². The van der Waals surface area contributed by atoms with Crippen LogP contribution in [0.5, 0.6) is 0 Å². The normalized spacial score (nSPS) is 11.0. The molecule has 0 saturated heterocycles. The van der Waals surface area contributed by atoms with Crippen LogP contribution >= 0.6 is 0 Å². The summed E-state index contributed by atoms with van der Waals surface area (Å²) in [7, 11) is 0. The first-order chi connectivity index (χ1) is 13.1.